The predicted molar refractivity (Wildman–Crippen MR) is 144 cm³/mol. The number of nitriles is 1. The van der Waals surface area contributed by atoms with Gasteiger partial charge in [-0.25, -0.2) is 9.97 Å². The second-order valence-corrected chi connectivity index (χ2v) is 9.74. The van der Waals surface area contributed by atoms with Crippen molar-refractivity contribution in [2.24, 2.45) is 0 Å². The number of nitro groups is 1. The monoisotopic (exact) mass is 538 g/mol. The van der Waals surface area contributed by atoms with Crippen molar-refractivity contribution < 1.29 is 4.92 Å². The Morgan fingerprint density at radius 1 is 1.17 bits per heavy atom. The summed E-state index contributed by atoms with van der Waals surface area (Å²) in [5.74, 6) is -0.438. The smallest absolute Gasteiger partial charge is 0.353 e. The van der Waals surface area contributed by atoms with Crippen LogP contribution >= 0.6 is 34.5 Å². The Bertz CT molecular complexity index is 1420. The number of rotatable bonds is 9. The topological polar surface area (TPSA) is 117 Å². The molecule has 4 rings (SSSR count). The first-order chi connectivity index (χ1) is 17.4. The highest BCUT2D eigenvalue weighted by molar-refractivity contribution is 7.09. The van der Waals surface area contributed by atoms with Gasteiger partial charge in [-0.05, 0) is 59.7 Å². The molecule has 36 heavy (non-hydrogen) atoms. The van der Waals surface area contributed by atoms with Crippen molar-refractivity contribution in [3.8, 4) is 6.07 Å². The first-order valence-corrected chi connectivity index (χ1v) is 12.5. The molecule has 0 saturated heterocycles. The van der Waals surface area contributed by atoms with Gasteiger partial charge in [0.25, 0.3) is 0 Å². The number of nitrogens with one attached hydrogen (secondary N) is 2. The molecule has 0 amide bonds. The van der Waals surface area contributed by atoms with Crippen LogP contribution in [0.1, 0.15) is 27.5 Å². The maximum Gasteiger partial charge on any atom is 0.353 e. The standard InChI is InChI=1S/C25H20Cl2N6O2S/c1-15-11-19(20(13-28)16-4-6-17(26)7-5-16)21(27)12-22(15)32-25-23(33(34)35)24(30-14-31-25)29-9-8-18-3-2-10-36-18/h2-7,10-12,14,20H,8-9H2,1H3,(H2,29,30,31,32). The molecule has 1 atom stereocenters. The molecule has 0 bridgehead atoms. The van der Waals surface area contributed by atoms with Crippen molar-refractivity contribution in [3.05, 3.63) is 102 Å². The molecule has 0 radical (unpaired) electrons. The van der Waals surface area contributed by atoms with Crippen molar-refractivity contribution in [2.45, 2.75) is 19.3 Å². The Labute approximate surface area is 221 Å². The van der Waals surface area contributed by atoms with Crippen LogP contribution in [0.4, 0.5) is 23.0 Å². The highest BCUT2D eigenvalue weighted by Gasteiger charge is 2.24. The zero-order valence-electron chi connectivity index (χ0n) is 19.0. The minimum Gasteiger partial charge on any atom is -0.364 e. The first kappa shape index (κ1) is 25.4. The number of anilines is 3. The number of hydrogen-bond donors (Lipinski definition) is 2. The van der Waals surface area contributed by atoms with Crippen LogP contribution in [-0.2, 0) is 6.42 Å². The van der Waals surface area contributed by atoms with Crippen LogP contribution in [0.25, 0.3) is 0 Å². The van der Waals surface area contributed by atoms with Crippen LogP contribution in [0, 0.1) is 28.4 Å². The molecule has 2 aromatic carbocycles. The SMILES string of the molecule is Cc1cc(C(C#N)c2ccc(Cl)cc2)c(Cl)cc1Nc1ncnc(NCCc2cccs2)c1[N+](=O)[O-]. The first-order valence-electron chi connectivity index (χ1n) is 10.8. The zero-order chi connectivity index (χ0) is 25.7. The highest BCUT2D eigenvalue weighted by atomic mass is 35.5. The molecule has 8 nitrogen and oxygen atoms in total. The summed E-state index contributed by atoms with van der Waals surface area (Å²) in [5, 5.41) is 30.7. The number of benzene rings is 2. The van der Waals surface area contributed by atoms with Gasteiger partial charge < -0.3 is 10.6 Å². The van der Waals surface area contributed by atoms with E-state index in [0.717, 1.165) is 16.0 Å². The molecule has 0 fully saturated rings. The Kier molecular flexibility index (Phi) is 8.00. The van der Waals surface area contributed by atoms with Crippen molar-refractivity contribution in [3.63, 3.8) is 0 Å². The van der Waals surface area contributed by atoms with E-state index in [-0.39, 0.29) is 17.3 Å². The molecule has 1 unspecified atom stereocenters. The Hall–Kier alpha value is -3.71. The van der Waals surface area contributed by atoms with E-state index in [4.69, 9.17) is 23.2 Å². The van der Waals surface area contributed by atoms with Crippen molar-refractivity contribution >= 4 is 57.5 Å². The average Bonchev–Trinajstić information content (AvgIpc) is 3.37. The molecule has 0 aliphatic heterocycles. The van der Waals surface area contributed by atoms with E-state index in [2.05, 4.69) is 26.7 Å². The summed E-state index contributed by atoms with van der Waals surface area (Å²) < 4.78 is 0. The Balaban J connectivity index is 1.60. The number of aryl methyl sites for hydroxylation is 1. The largest absolute Gasteiger partial charge is 0.364 e. The Morgan fingerprint density at radius 3 is 2.58 bits per heavy atom. The third-order valence-corrected chi connectivity index (χ3v) is 7.00. The summed E-state index contributed by atoms with van der Waals surface area (Å²) in [5.41, 5.74) is 2.39. The molecule has 0 aliphatic carbocycles. The fourth-order valence-corrected chi connectivity index (χ4v) is 4.81. The van der Waals surface area contributed by atoms with Gasteiger partial charge in [0, 0.05) is 27.2 Å². The molecule has 2 aromatic heterocycles. The second-order valence-electron chi connectivity index (χ2n) is 7.86. The van der Waals surface area contributed by atoms with Crippen LogP contribution in [-0.4, -0.2) is 21.4 Å². The lowest BCUT2D eigenvalue weighted by molar-refractivity contribution is -0.383. The van der Waals surface area contributed by atoms with E-state index in [9.17, 15) is 15.4 Å². The minimum atomic E-state index is -0.602. The third kappa shape index (κ3) is 5.74. The maximum atomic E-state index is 11.9. The molecule has 11 heteroatoms. The zero-order valence-corrected chi connectivity index (χ0v) is 21.4. The summed E-state index contributed by atoms with van der Waals surface area (Å²) in [7, 11) is 0. The second kappa shape index (κ2) is 11.4. The van der Waals surface area contributed by atoms with E-state index < -0.39 is 10.8 Å². The van der Waals surface area contributed by atoms with Crippen molar-refractivity contribution in [2.75, 3.05) is 17.2 Å². The fraction of sp³-hybridized carbons (Fsp3) is 0.160. The number of aromatic nitrogens is 2. The molecule has 4 aromatic rings. The summed E-state index contributed by atoms with van der Waals surface area (Å²) in [4.78, 5) is 20.7. The maximum absolute atomic E-state index is 11.9. The number of halogens is 2. The summed E-state index contributed by atoms with van der Waals surface area (Å²) in [6.07, 6.45) is 1.98. The van der Waals surface area contributed by atoms with Crippen molar-refractivity contribution in [1.29, 1.82) is 5.26 Å². The van der Waals surface area contributed by atoms with E-state index in [0.29, 0.717) is 34.3 Å². The number of thiophene rings is 1. The van der Waals surface area contributed by atoms with Crippen LogP contribution in [0.15, 0.2) is 60.2 Å². The van der Waals surface area contributed by atoms with Gasteiger partial charge in [-0.15, -0.1) is 11.3 Å². The minimum absolute atomic E-state index is 0.0371. The predicted octanol–water partition coefficient (Wildman–Crippen LogP) is 7.12. The Morgan fingerprint density at radius 2 is 1.92 bits per heavy atom. The summed E-state index contributed by atoms with van der Waals surface area (Å²) in [6.45, 7) is 2.31. The van der Waals surface area contributed by atoms with Gasteiger partial charge in [0.05, 0.1) is 16.9 Å². The van der Waals surface area contributed by atoms with Crippen LogP contribution in [0.5, 0.6) is 0 Å². The van der Waals surface area contributed by atoms with Crippen molar-refractivity contribution in [1.82, 2.24) is 9.97 Å². The van der Waals surface area contributed by atoms with Crippen LogP contribution in [0.3, 0.4) is 0 Å². The lowest BCUT2D eigenvalue weighted by atomic mass is 9.91. The van der Waals surface area contributed by atoms with Gasteiger partial charge in [0.1, 0.15) is 6.33 Å². The molecule has 2 N–H and O–H groups in total. The molecule has 182 valence electrons. The quantitative estimate of drug-likeness (QED) is 0.172. The van der Waals surface area contributed by atoms with Crippen LogP contribution in [0.2, 0.25) is 10.0 Å². The van der Waals surface area contributed by atoms with Crippen LogP contribution < -0.4 is 10.6 Å². The van der Waals surface area contributed by atoms with Gasteiger partial charge in [0.2, 0.25) is 11.6 Å². The molecule has 0 spiro atoms. The van der Waals surface area contributed by atoms with E-state index in [1.165, 1.54) is 6.33 Å². The highest BCUT2D eigenvalue weighted by Crippen LogP contribution is 2.37. The fourth-order valence-electron chi connectivity index (χ4n) is 3.70. The van der Waals surface area contributed by atoms with E-state index >= 15 is 0 Å². The van der Waals surface area contributed by atoms with Gasteiger partial charge in [-0.2, -0.15) is 5.26 Å². The lowest BCUT2D eigenvalue weighted by Gasteiger charge is -2.16. The average molecular weight is 539 g/mol. The van der Waals surface area contributed by atoms with E-state index in [1.807, 2.05) is 24.4 Å². The molecular weight excluding hydrogens is 519 g/mol. The lowest BCUT2D eigenvalue weighted by Crippen LogP contribution is -2.10. The molecular formula is C25H20Cl2N6O2S. The van der Waals surface area contributed by atoms with Gasteiger partial charge in [-0.1, -0.05) is 47.5 Å². The number of hydrogen-bond acceptors (Lipinski definition) is 8. The van der Waals surface area contributed by atoms with Gasteiger partial charge >= 0.3 is 5.69 Å². The third-order valence-electron chi connectivity index (χ3n) is 5.49. The summed E-state index contributed by atoms with van der Waals surface area (Å²) in [6, 6.07) is 16.7. The molecule has 0 saturated carbocycles. The van der Waals surface area contributed by atoms with Gasteiger partial charge in [-0.3, -0.25) is 10.1 Å². The normalized spacial score (nSPS) is 11.5. The number of nitrogens with zero attached hydrogens (tertiary/aromatic N) is 4. The van der Waals surface area contributed by atoms with Gasteiger partial charge in [0.15, 0.2) is 0 Å². The van der Waals surface area contributed by atoms with E-state index in [1.54, 1.807) is 47.7 Å². The molecule has 2 heterocycles. The molecule has 0 aliphatic rings. The summed E-state index contributed by atoms with van der Waals surface area (Å²) >= 11 is 14.2.